The van der Waals surface area contributed by atoms with Gasteiger partial charge in [0.25, 0.3) is 0 Å². The maximum Gasteiger partial charge on any atom is 0.159 e. The third-order valence-electron chi connectivity index (χ3n) is 2.55. The predicted octanol–water partition coefficient (Wildman–Crippen LogP) is 2.60. The van der Waals surface area contributed by atoms with E-state index in [0.29, 0.717) is 5.82 Å². The Bertz CT molecular complexity index is 583. The lowest BCUT2D eigenvalue weighted by Gasteiger charge is -2.03. The average molecular weight is 234 g/mol. The molecule has 0 aliphatic rings. The highest BCUT2D eigenvalue weighted by molar-refractivity contribution is 5.67. The van der Waals surface area contributed by atoms with Crippen molar-refractivity contribution in [1.29, 1.82) is 0 Å². The topological polar surface area (TPSA) is 51.6 Å². The van der Waals surface area contributed by atoms with Crippen LogP contribution < -0.4 is 0 Å². The van der Waals surface area contributed by atoms with E-state index in [1.54, 1.807) is 37.1 Å². The van der Waals surface area contributed by atoms with Crippen molar-refractivity contribution in [2.75, 3.05) is 0 Å². The smallest absolute Gasteiger partial charge is 0.159 e. The maximum absolute atomic E-state index is 4.28. The van der Waals surface area contributed by atoms with Gasteiger partial charge in [0.1, 0.15) is 0 Å². The van der Waals surface area contributed by atoms with E-state index in [-0.39, 0.29) is 0 Å². The van der Waals surface area contributed by atoms with Crippen LogP contribution in [0.3, 0.4) is 0 Å². The van der Waals surface area contributed by atoms with Crippen molar-refractivity contribution in [1.82, 2.24) is 19.9 Å². The normalized spacial score (nSPS) is 10.2. The highest BCUT2D eigenvalue weighted by atomic mass is 14.8. The summed E-state index contributed by atoms with van der Waals surface area (Å²) in [7, 11) is 0. The molecule has 3 rings (SSSR count). The third-order valence-corrected chi connectivity index (χ3v) is 2.55. The molecule has 0 amide bonds. The molecule has 18 heavy (non-hydrogen) atoms. The number of rotatable bonds is 2. The second-order valence-electron chi connectivity index (χ2n) is 3.74. The lowest BCUT2D eigenvalue weighted by molar-refractivity contribution is 1.17. The van der Waals surface area contributed by atoms with Crippen molar-refractivity contribution in [3.05, 3.63) is 61.3 Å². The highest BCUT2D eigenvalue weighted by Gasteiger charge is 2.03. The summed E-state index contributed by atoms with van der Waals surface area (Å²) in [4.78, 5) is 16.8. The van der Waals surface area contributed by atoms with E-state index in [1.807, 2.05) is 24.3 Å². The average Bonchev–Trinajstić information content (AvgIpc) is 2.49. The number of hydrogen-bond acceptors (Lipinski definition) is 4. The fraction of sp³-hybridized carbons (Fsp3) is 0. The largest absolute Gasteiger partial charge is 0.261 e. The van der Waals surface area contributed by atoms with E-state index in [4.69, 9.17) is 0 Å². The maximum atomic E-state index is 4.28. The molecule has 3 aromatic rings. The van der Waals surface area contributed by atoms with Gasteiger partial charge in [-0.25, -0.2) is 9.97 Å². The highest BCUT2D eigenvalue weighted by Crippen LogP contribution is 2.21. The Kier molecular flexibility index (Phi) is 2.75. The zero-order valence-corrected chi connectivity index (χ0v) is 9.56. The third kappa shape index (κ3) is 2.08. The molecule has 4 heteroatoms. The van der Waals surface area contributed by atoms with Crippen LogP contribution in [-0.4, -0.2) is 19.9 Å². The van der Waals surface area contributed by atoms with E-state index >= 15 is 0 Å². The van der Waals surface area contributed by atoms with E-state index in [2.05, 4.69) is 19.9 Å². The molecule has 0 atom stereocenters. The SMILES string of the molecule is c1cnc(-c2cccc(-c3cnccn3)c2)nc1. The van der Waals surface area contributed by atoms with Crippen molar-refractivity contribution in [2.45, 2.75) is 0 Å². The van der Waals surface area contributed by atoms with E-state index in [0.717, 1.165) is 16.8 Å². The first-order valence-corrected chi connectivity index (χ1v) is 5.57. The van der Waals surface area contributed by atoms with Gasteiger partial charge in [0.05, 0.1) is 11.9 Å². The lowest BCUT2D eigenvalue weighted by Crippen LogP contribution is -1.88. The molecule has 0 aliphatic carbocycles. The summed E-state index contributed by atoms with van der Waals surface area (Å²) < 4.78 is 0. The number of hydrogen-bond donors (Lipinski definition) is 0. The molecule has 4 nitrogen and oxygen atoms in total. The number of aromatic nitrogens is 4. The van der Waals surface area contributed by atoms with Crippen LogP contribution >= 0.6 is 0 Å². The summed E-state index contributed by atoms with van der Waals surface area (Å²) in [5.74, 6) is 0.711. The van der Waals surface area contributed by atoms with Crippen molar-refractivity contribution >= 4 is 0 Å². The first-order chi connectivity index (χ1) is 8.93. The van der Waals surface area contributed by atoms with Crippen LogP contribution in [0.2, 0.25) is 0 Å². The lowest BCUT2D eigenvalue weighted by atomic mass is 10.1. The van der Waals surface area contributed by atoms with E-state index in [1.165, 1.54) is 0 Å². The molecule has 0 aliphatic heterocycles. The molecule has 1 aromatic carbocycles. The van der Waals surface area contributed by atoms with Crippen LogP contribution in [0, 0.1) is 0 Å². The summed E-state index contributed by atoms with van der Waals surface area (Å²) in [6.45, 7) is 0. The molecule has 0 N–H and O–H groups in total. The Hall–Kier alpha value is -2.62. The zero-order valence-electron chi connectivity index (χ0n) is 9.56. The molecule has 2 aromatic heterocycles. The van der Waals surface area contributed by atoms with Crippen LogP contribution in [0.25, 0.3) is 22.6 Å². The van der Waals surface area contributed by atoms with Crippen molar-refractivity contribution in [2.24, 2.45) is 0 Å². The standard InChI is InChI=1S/C14H10N4/c1-3-11(13-10-15-7-8-16-13)9-12(4-1)14-17-5-2-6-18-14/h1-10H. The molecule has 0 saturated carbocycles. The summed E-state index contributed by atoms with van der Waals surface area (Å²) >= 11 is 0. The summed E-state index contributed by atoms with van der Waals surface area (Å²) in [6.07, 6.45) is 8.55. The van der Waals surface area contributed by atoms with Crippen LogP contribution in [0.1, 0.15) is 0 Å². The predicted molar refractivity (Wildman–Crippen MR) is 68.5 cm³/mol. The summed E-state index contributed by atoms with van der Waals surface area (Å²) in [5, 5.41) is 0. The Morgan fingerprint density at radius 3 is 2.33 bits per heavy atom. The molecule has 0 spiro atoms. The monoisotopic (exact) mass is 234 g/mol. The first-order valence-electron chi connectivity index (χ1n) is 5.57. The number of nitrogens with zero attached hydrogens (tertiary/aromatic N) is 4. The van der Waals surface area contributed by atoms with Crippen LogP contribution in [0.5, 0.6) is 0 Å². The van der Waals surface area contributed by atoms with Crippen LogP contribution in [-0.2, 0) is 0 Å². The quantitative estimate of drug-likeness (QED) is 0.684. The van der Waals surface area contributed by atoms with Gasteiger partial charge in [-0.2, -0.15) is 0 Å². The van der Waals surface area contributed by atoms with Crippen LogP contribution in [0.4, 0.5) is 0 Å². The Labute approximate surface area is 104 Å². The molecule has 0 unspecified atom stereocenters. The Balaban J connectivity index is 2.05. The minimum atomic E-state index is 0.711. The summed E-state index contributed by atoms with van der Waals surface area (Å²) in [5.41, 5.74) is 2.82. The van der Waals surface area contributed by atoms with Gasteiger partial charge in [0.2, 0.25) is 0 Å². The van der Waals surface area contributed by atoms with Crippen molar-refractivity contribution in [3.63, 3.8) is 0 Å². The molecule has 86 valence electrons. The second-order valence-corrected chi connectivity index (χ2v) is 3.74. The fourth-order valence-electron chi connectivity index (χ4n) is 1.71. The van der Waals surface area contributed by atoms with Gasteiger partial charge < -0.3 is 0 Å². The van der Waals surface area contributed by atoms with Gasteiger partial charge in [0, 0.05) is 35.9 Å². The van der Waals surface area contributed by atoms with Crippen molar-refractivity contribution in [3.8, 4) is 22.6 Å². The molecule has 2 heterocycles. The van der Waals surface area contributed by atoms with Gasteiger partial charge in [0.15, 0.2) is 5.82 Å². The van der Waals surface area contributed by atoms with Gasteiger partial charge in [-0.15, -0.1) is 0 Å². The molecule has 0 saturated heterocycles. The van der Waals surface area contributed by atoms with Gasteiger partial charge >= 0.3 is 0 Å². The molecule has 0 radical (unpaired) electrons. The minimum absolute atomic E-state index is 0.711. The van der Waals surface area contributed by atoms with Crippen LogP contribution in [0.15, 0.2) is 61.3 Å². The fourth-order valence-corrected chi connectivity index (χ4v) is 1.71. The minimum Gasteiger partial charge on any atom is -0.261 e. The Morgan fingerprint density at radius 2 is 1.56 bits per heavy atom. The van der Waals surface area contributed by atoms with Crippen molar-refractivity contribution < 1.29 is 0 Å². The van der Waals surface area contributed by atoms with Gasteiger partial charge in [-0.1, -0.05) is 18.2 Å². The van der Waals surface area contributed by atoms with E-state index < -0.39 is 0 Å². The number of benzene rings is 1. The van der Waals surface area contributed by atoms with E-state index in [9.17, 15) is 0 Å². The second kappa shape index (κ2) is 4.71. The molecular formula is C14H10N4. The molecule has 0 fully saturated rings. The van der Waals surface area contributed by atoms with Gasteiger partial charge in [-0.3, -0.25) is 9.97 Å². The Morgan fingerprint density at radius 1 is 0.722 bits per heavy atom. The zero-order chi connectivity index (χ0) is 12.2. The van der Waals surface area contributed by atoms with Gasteiger partial charge in [-0.05, 0) is 12.1 Å². The summed E-state index contributed by atoms with van der Waals surface area (Å²) in [6, 6.07) is 9.76. The molecule has 0 bridgehead atoms. The molecular weight excluding hydrogens is 224 g/mol. The first kappa shape index (κ1) is 10.5.